The van der Waals surface area contributed by atoms with Gasteiger partial charge >= 0.3 is 0 Å². The van der Waals surface area contributed by atoms with Crippen LogP contribution < -0.4 is 0 Å². The summed E-state index contributed by atoms with van der Waals surface area (Å²) >= 11 is 0. The van der Waals surface area contributed by atoms with Gasteiger partial charge in [0.05, 0.1) is 19.3 Å². The second kappa shape index (κ2) is 7.73. The number of amides is 1. The summed E-state index contributed by atoms with van der Waals surface area (Å²) in [5.74, 6) is 0.539. The normalized spacial score (nSPS) is 33.0. The SMILES string of the molecule is CCOCCN1CC[C@@H]2C[C@@H](C(=O)N3CCCCO3)O[C@H]2C1. The van der Waals surface area contributed by atoms with Gasteiger partial charge in [-0.25, -0.2) is 5.06 Å². The van der Waals surface area contributed by atoms with Crippen LogP contribution in [0.4, 0.5) is 0 Å². The largest absolute Gasteiger partial charge is 0.380 e. The van der Waals surface area contributed by atoms with Crippen LogP contribution in [0.15, 0.2) is 0 Å². The van der Waals surface area contributed by atoms with Crippen LogP contribution in [0.3, 0.4) is 0 Å². The Morgan fingerprint density at radius 3 is 3.00 bits per heavy atom. The zero-order valence-corrected chi connectivity index (χ0v) is 13.5. The van der Waals surface area contributed by atoms with Gasteiger partial charge in [-0.1, -0.05) is 0 Å². The van der Waals surface area contributed by atoms with Gasteiger partial charge in [0.1, 0.15) is 6.10 Å². The second-order valence-electron chi connectivity index (χ2n) is 6.43. The first-order valence-corrected chi connectivity index (χ1v) is 8.67. The molecule has 0 spiro atoms. The Kier molecular flexibility index (Phi) is 5.68. The standard InChI is InChI=1S/C16H28N2O4/c1-2-20-10-8-17-7-5-13-11-14(22-15(13)12-17)16(19)18-6-3-4-9-21-18/h13-15H,2-12H2,1H3/t13-,14+,15+/m1/s1. The number of carbonyl (C=O) groups excluding carboxylic acids is 1. The molecule has 6 heteroatoms. The lowest BCUT2D eigenvalue weighted by atomic mass is 9.91. The third-order valence-corrected chi connectivity index (χ3v) is 4.92. The van der Waals surface area contributed by atoms with Gasteiger partial charge in [0.25, 0.3) is 5.91 Å². The smallest absolute Gasteiger partial charge is 0.275 e. The number of hydrogen-bond donors (Lipinski definition) is 0. The maximum Gasteiger partial charge on any atom is 0.275 e. The Labute approximate surface area is 132 Å². The van der Waals surface area contributed by atoms with Gasteiger partial charge in [-0.3, -0.25) is 14.5 Å². The summed E-state index contributed by atoms with van der Waals surface area (Å²) in [6, 6.07) is 0. The number of fused-ring (bicyclic) bond motifs is 1. The van der Waals surface area contributed by atoms with Crippen LogP contribution in [0.1, 0.15) is 32.6 Å². The third kappa shape index (κ3) is 3.79. The molecule has 1 amide bonds. The van der Waals surface area contributed by atoms with Gasteiger partial charge in [-0.15, -0.1) is 0 Å². The Morgan fingerprint density at radius 1 is 1.32 bits per heavy atom. The van der Waals surface area contributed by atoms with Crippen molar-refractivity contribution in [2.75, 3.05) is 46.0 Å². The highest BCUT2D eigenvalue weighted by molar-refractivity contribution is 5.80. The van der Waals surface area contributed by atoms with Gasteiger partial charge < -0.3 is 9.47 Å². The molecular formula is C16H28N2O4. The van der Waals surface area contributed by atoms with Crippen molar-refractivity contribution in [1.29, 1.82) is 0 Å². The maximum atomic E-state index is 12.5. The molecule has 3 saturated heterocycles. The van der Waals surface area contributed by atoms with Crippen LogP contribution in [0.25, 0.3) is 0 Å². The summed E-state index contributed by atoms with van der Waals surface area (Å²) in [6.07, 6.45) is 3.91. The average Bonchev–Trinajstić information content (AvgIpc) is 2.98. The molecule has 3 heterocycles. The van der Waals surface area contributed by atoms with Gasteiger partial charge in [0, 0.05) is 26.2 Å². The fourth-order valence-electron chi connectivity index (χ4n) is 3.63. The number of ether oxygens (including phenoxy) is 2. The minimum atomic E-state index is -0.306. The number of hydrogen-bond acceptors (Lipinski definition) is 5. The van der Waals surface area contributed by atoms with Crippen molar-refractivity contribution in [3.63, 3.8) is 0 Å². The van der Waals surface area contributed by atoms with Crippen molar-refractivity contribution in [1.82, 2.24) is 9.96 Å². The lowest BCUT2D eigenvalue weighted by Crippen LogP contribution is -2.44. The molecule has 0 saturated carbocycles. The molecule has 0 aromatic heterocycles. The van der Waals surface area contributed by atoms with E-state index in [1.165, 1.54) is 5.06 Å². The molecule has 22 heavy (non-hydrogen) atoms. The number of likely N-dealkylation sites (tertiary alicyclic amines) is 1. The van der Waals surface area contributed by atoms with E-state index in [1.54, 1.807) is 0 Å². The van der Waals surface area contributed by atoms with Gasteiger partial charge in [0.15, 0.2) is 0 Å². The Morgan fingerprint density at radius 2 is 2.23 bits per heavy atom. The first-order valence-electron chi connectivity index (χ1n) is 8.67. The Bertz CT molecular complexity index is 373. The third-order valence-electron chi connectivity index (χ3n) is 4.92. The molecule has 6 nitrogen and oxygen atoms in total. The molecule has 3 atom stereocenters. The summed E-state index contributed by atoms with van der Waals surface area (Å²) in [4.78, 5) is 20.3. The first-order chi connectivity index (χ1) is 10.8. The van der Waals surface area contributed by atoms with E-state index in [9.17, 15) is 4.79 Å². The number of nitrogens with zero attached hydrogens (tertiary/aromatic N) is 2. The highest BCUT2D eigenvalue weighted by Gasteiger charge is 2.43. The van der Waals surface area contributed by atoms with Crippen LogP contribution in [0, 0.1) is 5.92 Å². The zero-order valence-electron chi connectivity index (χ0n) is 13.5. The van der Waals surface area contributed by atoms with Crippen LogP contribution in [0.5, 0.6) is 0 Å². The van der Waals surface area contributed by atoms with Crippen molar-refractivity contribution in [3.8, 4) is 0 Å². The average molecular weight is 312 g/mol. The van der Waals surface area contributed by atoms with Crippen LogP contribution in [-0.2, 0) is 19.1 Å². The molecule has 0 aliphatic carbocycles. The molecule has 3 aliphatic heterocycles. The maximum absolute atomic E-state index is 12.5. The number of carbonyl (C=O) groups is 1. The van der Waals surface area contributed by atoms with Crippen molar-refractivity contribution < 1.29 is 19.1 Å². The molecule has 0 N–H and O–H groups in total. The van der Waals surface area contributed by atoms with E-state index >= 15 is 0 Å². The van der Waals surface area contributed by atoms with Crippen molar-refractivity contribution in [2.45, 2.75) is 44.8 Å². The molecule has 3 aliphatic rings. The van der Waals surface area contributed by atoms with Gasteiger partial charge in [0.2, 0.25) is 0 Å². The summed E-state index contributed by atoms with van der Waals surface area (Å²) < 4.78 is 11.5. The molecule has 0 aromatic carbocycles. The van der Waals surface area contributed by atoms with E-state index in [2.05, 4.69) is 4.90 Å². The molecular weight excluding hydrogens is 284 g/mol. The summed E-state index contributed by atoms with van der Waals surface area (Å²) in [6.45, 7) is 7.87. The fourth-order valence-corrected chi connectivity index (χ4v) is 3.63. The molecule has 0 radical (unpaired) electrons. The number of hydroxylamine groups is 2. The van der Waals surface area contributed by atoms with E-state index < -0.39 is 0 Å². The topological polar surface area (TPSA) is 51.2 Å². The van der Waals surface area contributed by atoms with E-state index in [0.717, 1.165) is 58.5 Å². The van der Waals surface area contributed by atoms with Crippen LogP contribution in [0.2, 0.25) is 0 Å². The molecule has 0 unspecified atom stereocenters. The van der Waals surface area contributed by atoms with E-state index in [0.29, 0.717) is 19.1 Å². The van der Waals surface area contributed by atoms with Crippen LogP contribution in [-0.4, -0.2) is 74.1 Å². The first kappa shape index (κ1) is 16.2. The second-order valence-corrected chi connectivity index (χ2v) is 6.43. The predicted molar refractivity (Wildman–Crippen MR) is 81.2 cm³/mol. The quantitative estimate of drug-likeness (QED) is 0.711. The highest BCUT2D eigenvalue weighted by Crippen LogP contribution is 2.34. The number of piperidine rings is 1. The minimum absolute atomic E-state index is 0.0231. The minimum Gasteiger partial charge on any atom is -0.380 e. The van der Waals surface area contributed by atoms with E-state index in [4.69, 9.17) is 14.3 Å². The van der Waals surface area contributed by atoms with Gasteiger partial charge in [-0.2, -0.15) is 0 Å². The summed E-state index contributed by atoms with van der Waals surface area (Å²) in [5.41, 5.74) is 0. The molecule has 126 valence electrons. The zero-order chi connectivity index (χ0) is 15.4. The summed E-state index contributed by atoms with van der Waals surface area (Å²) in [7, 11) is 0. The van der Waals surface area contributed by atoms with E-state index in [1.807, 2.05) is 6.92 Å². The fraction of sp³-hybridized carbons (Fsp3) is 0.938. The molecule has 3 fully saturated rings. The summed E-state index contributed by atoms with van der Waals surface area (Å²) in [5, 5.41) is 1.53. The molecule has 0 bridgehead atoms. The van der Waals surface area contributed by atoms with Gasteiger partial charge in [-0.05, 0) is 45.1 Å². The molecule has 0 aromatic rings. The lowest BCUT2D eigenvalue weighted by Gasteiger charge is -2.33. The van der Waals surface area contributed by atoms with E-state index in [-0.39, 0.29) is 18.1 Å². The highest BCUT2D eigenvalue weighted by atomic mass is 16.7. The van der Waals surface area contributed by atoms with Crippen molar-refractivity contribution >= 4 is 5.91 Å². The monoisotopic (exact) mass is 312 g/mol. The predicted octanol–water partition coefficient (Wildman–Crippen LogP) is 1.06. The Balaban J connectivity index is 1.47. The number of rotatable bonds is 5. The Hall–Kier alpha value is -0.690. The lowest BCUT2D eigenvalue weighted by molar-refractivity contribution is -0.206. The van der Waals surface area contributed by atoms with Crippen molar-refractivity contribution in [3.05, 3.63) is 0 Å². The van der Waals surface area contributed by atoms with Crippen LogP contribution >= 0.6 is 0 Å². The molecule has 3 rings (SSSR count). The van der Waals surface area contributed by atoms with Crippen molar-refractivity contribution in [2.24, 2.45) is 5.92 Å².